The number of aliphatic imine (C=N–C) groups is 1. The molecule has 0 aromatic heterocycles. The van der Waals surface area contributed by atoms with Crippen molar-refractivity contribution in [3.8, 4) is 11.5 Å². The number of hydrogen-bond donors (Lipinski definition) is 1. The van der Waals surface area contributed by atoms with E-state index in [1.165, 1.54) is 12.1 Å². The zero-order chi connectivity index (χ0) is 20.4. The van der Waals surface area contributed by atoms with Crippen LogP contribution in [0.25, 0.3) is 0 Å². The molecule has 0 atom stereocenters. The molecule has 0 saturated heterocycles. The van der Waals surface area contributed by atoms with Crippen molar-refractivity contribution in [2.24, 2.45) is 10.4 Å². The highest BCUT2D eigenvalue weighted by Gasteiger charge is 2.36. The van der Waals surface area contributed by atoms with Crippen LogP contribution in [0.5, 0.6) is 11.5 Å². The first-order valence-corrected chi connectivity index (χ1v) is 9.42. The Bertz CT molecular complexity index is 917. The Labute approximate surface area is 169 Å². The number of halogens is 3. The summed E-state index contributed by atoms with van der Waals surface area (Å²) in [6, 6.07) is 11.3. The van der Waals surface area contributed by atoms with Gasteiger partial charge in [-0.3, -0.25) is 4.99 Å². The summed E-state index contributed by atoms with van der Waals surface area (Å²) in [5.74, 6) is -2.22. The van der Waals surface area contributed by atoms with Gasteiger partial charge in [0.15, 0.2) is 0 Å². The van der Waals surface area contributed by atoms with E-state index in [0.29, 0.717) is 23.1 Å². The zero-order valence-electron chi connectivity index (χ0n) is 16.1. The molecule has 1 aliphatic heterocycles. The zero-order valence-corrected chi connectivity index (χ0v) is 16.9. The van der Waals surface area contributed by atoms with Crippen molar-refractivity contribution in [3.05, 3.63) is 64.8 Å². The number of hydrogen-bond acceptors (Lipinski definition) is 3. The fourth-order valence-electron chi connectivity index (χ4n) is 2.96. The number of alkyl halides is 2. The number of ether oxygens (including phenoxy) is 1. The molecule has 0 bridgehead atoms. The maximum atomic E-state index is 14.6. The highest BCUT2D eigenvalue weighted by Crippen LogP contribution is 2.41. The normalized spacial score (nSPS) is 14.1. The van der Waals surface area contributed by atoms with E-state index in [2.05, 4.69) is 10.3 Å². The van der Waals surface area contributed by atoms with Crippen molar-refractivity contribution >= 4 is 23.5 Å². The molecule has 1 aliphatic rings. The van der Waals surface area contributed by atoms with Crippen molar-refractivity contribution in [2.75, 3.05) is 11.9 Å². The number of nitrogens with zero attached hydrogens (tertiary/aromatic N) is 1. The Balaban J connectivity index is 1.75. The minimum absolute atomic E-state index is 0.0671. The average Bonchev–Trinajstić information content (AvgIpc) is 3.08. The van der Waals surface area contributed by atoms with Gasteiger partial charge in [0.1, 0.15) is 11.5 Å². The second-order valence-corrected chi connectivity index (χ2v) is 8.43. The largest absolute Gasteiger partial charge is 0.456 e. The number of allylic oxidation sites excluding steroid dienone is 1. The molecule has 1 heterocycles. The summed E-state index contributed by atoms with van der Waals surface area (Å²) in [4.78, 5) is 4.11. The van der Waals surface area contributed by atoms with Gasteiger partial charge < -0.3 is 10.1 Å². The van der Waals surface area contributed by atoms with Gasteiger partial charge in [-0.05, 0) is 41.8 Å². The Hall–Kier alpha value is -2.40. The van der Waals surface area contributed by atoms with Gasteiger partial charge >= 0.3 is 0 Å². The van der Waals surface area contributed by atoms with Gasteiger partial charge in [0, 0.05) is 29.6 Å². The maximum absolute atomic E-state index is 14.6. The first kappa shape index (κ1) is 20.3. The highest BCUT2D eigenvalue weighted by molar-refractivity contribution is 6.32. The molecular weight excluding hydrogens is 382 g/mol. The molecule has 0 amide bonds. The van der Waals surface area contributed by atoms with E-state index >= 15 is 0 Å². The third kappa shape index (κ3) is 5.32. The van der Waals surface area contributed by atoms with Crippen LogP contribution in [0.15, 0.2) is 59.2 Å². The molecule has 28 heavy (non-hydrogen) atoms. The Morgan fingerprint density at radius 3 is 2.57 bits per heavy atom. The van der Waals surface area contributed by atoms with Crippen LogP contribution in [-0.2, 0) is 5.92 Å². The number of nitrogens with one attached hydrogen (secondary N) is 1. The standard InChI is InChI=1S/C22H23ClF2N2O/c1-21(2,3)14-22(24,25)15-5-4-6-18(11-15)28-20-8-7-16(12-19(20)23)27-17-9-10-26-13-17/h4-12,27H,13-14H2,1-3H3. The SMILES string of the molecule is CC(C)(C)CC(F)(F)c1cccc(Oc2ccc(NC3=CC=NC3)cc2Cl)c1. The van der Waals surface area contributed by atoms with Crippen molar-refractivity contribution in [1.82, 2.24) is 0 Å². The first-order chi connectivity index (χ1) is 13.1. The molecular formula is C22H23ClF2N2O. The van der Waals surface area contributed by atoms with Gasteiger partial charge in [0.05, 0.1) is 11.6 Å². The molecule has 1 N–H and O–H groups in total. The van der Waals surface area contributed by atoms with Crippen LogP contribution < -0.4 is 10.1 Å². The highest BCUT2D eigenvalue weighted by atomic mass is 35.5. The topological polar surface area (TPSA) is 33.6 Å². The lowest BCUT2D eigenvalue weighted by Crippen LogP contribution is -2.22. The molecule has 3 rings (SSSR count). The molecule has 0 aliphatic carbocycles. The average molecular weight is 405 g/mol. The molecule has 6 heteroatoms. The van der Waals surface area contributed by atoms with Gasteiger partial charge in [-0.15, -0.1) is 0 Å². The molecule has 2 aromatic rings. The first-order valence-electron chi connectivity index (χ1n) is 9.04. The molecule has 2 aromatic carbocycles. The Morgan fingerprint density at radius 2 is 1.93 bits per heavy atom. The summed E-state index contributed by atoms with van der Waals surface area (Å²) < 4.78 is 35.0. The van der Waals surface area contributed by atoms with Crippen LogP contribution in [0.3, 0.4) is 0 Å². The Morgan fingerprint density at radius 1 is 1.14 bits per heavy atom. The van der Waals surface area contributed by atoms with Crippen molar-refractivity contribution in [2.45, 2.75) is 33.1 Å². The smallest absolute Gasteiger partial charge is 0.273 e. The quantitative estimate of drug-likeness (QED) is 0.560. The lowest BCUT2D eigenvalue weighted by atomic mass is 9.86. The summed E-state index contributed by atoms with van der Waals surface area (Å²) in [6.07, 6.45) is 3.38. The minimum Gasteiger partial charge on any atom is -0.456 e. The molecule has 0 fully saturated rings. The van der Waals surface area contributed by atoms with Crippen LogP contribution in [0, 0.1) is 5.41 Å². The van der Waals surface area contributed by atoms with Crippen molar-refractivity contribution in [3.63, 3.8) is 0 Å². The maximum Gasteiger partial charge on any atom is 0.273 e. The monoisotopic (exact) mass is 404 g/mol. The predicted octanol–water partition coefficient (Wildman–Crippen LogP) is 7.04. The van der Waals surface area contributed by atoms with Crippen LogP contribution in [0.2, 0.25) is 5.02 Å². The van der Waals surface area contributed by atoms with Crippen LogP contribution >= 0.6 is 11.6 Å². The van der Waals surface area contributed by atoms with E-state index in [4.69, 9.17) is 16.3 Å². The van der Waals surface area contributed by atoms with E-state index in [9.17, 15) is 8.78 Å². The van der Waals surface area contributed by atoms with Crippen LogP contribution in [0.1, 0.15) is 32.8 Å². The second kappa shape index (κ2) is 7.92. The van der Waals surface area contributed by atoms with Crippen molar-refractivity contribution < 1.29 is 13.5 Å². The number of anilines is 1. The minimum atomic E-state index is -2.94. The van der Waals surface area contributed by atoms with E-state index in [0.717, 1.165) is 11.4 Å². The van der Waals surface area contributed by atoms with E-state index in [1.807, 2.05) is 12.1 Å². The fourth-order valence-corrected chi connectivity index (χ4v) is 3.18. The lowest BCUT2D eigenvalue weighted by Gasteiger charge is -2.26. The summed E-state index contributed by atoms with van der Waals surface area (Å²) in [5, 5.41) is 3.61. The molecule has 3 nitrogen and oxygen atoms in total. The summed E-state index contributed by atoms with van der Waals surface area (Å²) in [6.45, 7) is 5.99. The summed E-state index contributed by atoms with van der Waals surface area (Å²) >= 11 is 6.32. The summed E-state index contributed by atoms with van der Waals surface area (Å²) in [5.41, 5.74) is 1.22. The van der Waals surface area contributed by atoms with Crippen LogP contribution in [0.4, 0.5) is 14.5 Å². The Kier molecular flexibility index (Phi) is 5.75. The van der Waals surface area contributed by atoms with E-state index < -0.39 is 11.3 Å². The van der Waals surface area contributed by atoms with Gasteiger partial charge in [-0.2, -0.15) is 0 Å². The van der Waals surface area contributed by atoms with Gasteiger partial charge in [0.25, 0.3) is 5.92 Å². The van der Waals surface area contributed by atoms with Gasteiger partial charge in [-0.25, -0.2) is 8.78 Å². The van der Waals surface area contributed by atoms with Gasteiger partial charge in [-0.1, -0.05) is 44.5 Å². The van der Waals surface area contributed by atoms with Crippen LogP contribution in [-0.4, -0.2) is 12.8 Å². The lowest BCUT2D eigenvalue weighted by molar-refractivity contribution is -0.0418. The molecule has 0 unspecified atom stereocenters. The predicted molar refractivity (Wildman–Crippen MR) is 111 cm³/mol. The molecule has 0 spiro atoms. The second-order valence-electron chi connectivity index (χ2n) is 8.02. The molecule has 148 valence electrons. The molecule has 0 saturated carbocycles. The third-order valence-corrected chi connectivity index (χ3v) is 4.41. The molecule has 0 radical (unpaired) electrons. The van der Waals surface area contributed by atoms with Gasteiger partial charge in [0.2, 0.25) is 0 Å². The van der Waals surface area contributed by atoms with Crippen molar-refractivity contribution in [1.29, 1.82) is 0 Å². The number of benzene rings is 2. The van der Waals surface area contributed by atoms with E-state index in [-0.39, 0.29) is 12.0 Å². The van der Waals surface area contributed by atoms with E-state index in [1.54, 1.807) is 51.3 Å². The summed E-state index contributed by atoms with van der Waals surface area (Å²) in [7, 11) is 0. The third-order valence-electron chi connectivity index (χ3n) is 4.12. The number of rotatable bonds is 6. The fraction of sp³-hybridized carbons (Fsp3) is 0.318.